The Labute approximate surface area is 123 Å². The second-order valence-electron chi connectivity index (χ2n) is 5.44. The van der Waals surface area contributed by atoms with Crippen LogP contribution in [0.2, 0.25) is 0 Å². The Hall–Kier alpha value is -1.90. The molecule has 0 bridgehead atoms. The minimum absolute atomic E-state index is 0.0630. The van der Waals surface area contributed by atoms with Crippen LogP contribution < -0.4 is 0 Å². The molecule has 1 saturated heterocycles. The normalized spacial score (nSPS) is 21.0. The molecular formula is C16H18FNO3. The zero-order valence-corrected chi connectivity index (χ0v) is 11.9. The summed E-state index contributed by atoms with van der Waals surface area (Å²) in [5, 5.41) is 18.7. The standard InChI is InChI=1S/C16H18FNO3/c1-16(21)7-8-18(11-16)15(20)14-10-13(17)6-5-12(14)4-2-3-9-19/h5-6,10,19,21H,3,7-9,11H2,1H3. The van der Waals surface area contributed by atoms with Crippen molar-refractivity contribution in [2.75, 3.05) is 19.7 Å². The van der Waals surface area contributed by atoms with E-state index >= 15 is 0 Å². The number of halogens is 1. The molecule has 1 fully saturated rings. The van der Waals surface area contributed by atoms with Gasteiger partial charge in [0.1, 0.15) is 5.82 Å². The lowest BCUT2D eigenvalue weighted by Crippen LogP contribution is -2.34. The quantitative estimate of drug-likeness (QED) is 0.804. The number of aliphatic hydroxyl groups excluding tert-OH is 1. The maximum Gasteiger partial charge on any atom is 0.255 e. The Balaban J connectivity index is 2.28. The van der Waals surface area contributed by atoms with Crippen molar-refractivity contribution in [3.05, 3.63) is 35.1 Å². The predicted molar refractivity (Wildman–Crippen MR) is 76.1 cm³/mol. The number of carbonyl (C=O) groups excluding carboxylic acids is 1. The summed E-state index contributed by atoms with van der Waals surface area (Å²) < 4.78 is 13.4. The highest BCUT2D eigenvalue weighted by molar-refractivity contribution is 5.97. The van der Waals surface area contributed by atoms with E-state index in [2.05, 4.69) is 11.8 Å². The summed E-state index contributed by atoms with van der Waals surface area (Å²) in [7, 11) is 0. The number of likely N-dealkylation sites (tertiary alicyclic amines) is 1. The fourth-order valence-corrected chi connectivity index (χ4v) is 2.30. The van der Waals surface area contributed by atoms with Gasteiger partial charge in [-0.1, -0.05) is 11.8 Å². The monoisotopic (exact) mass is 291 g/mol. The van der Waals surface area contributed by atoms with Crippen LogP contribution in [-0.2, 0) is 0 Å². The van der Waals surface area contributed by atoms with Crippen LogP contribution in [-0.4, -0.2) is 46.3 Å². The maximum absolute atomic E-state index is 13.4. The molecule has 0 aliphatic carbocycles. The van der Waals surface area contributed by atoms with E-state index in [1.165, 1.54) is 23.1 Å². The zero-order valence-electron chi connectivity index (χ0n) is 11.9. The molecule has 5 heteroatoms. The van der Waals surface area contributed by atoms with Crippen LogP contribution >= 0.6 is 0 Å². The van der Waals surface area contributed by atoms with Crippen LogP contribution in [0.4, 0.5) is 4.39 Å². The first-order valence-corrected chi connectivity index (χ1v) is 6.84. The van der Waals surface area contributed by atoms with Gasteiger partial charge in [0.2, 0.25) is 0 Å². The fourth-order valence-electron chi connectivity index (χ4n) is 2.30. The first-order valence-electron chi connectivity index (χ1n) is 6.84. The van der Waals surface area contributed by atoms with E-state index in [0.29, 0.717) is 24.9 Å². The number of carbonyl (C=O) groups is 1. The first-order chi connectivity index (χ1) is 9.93. The van der Waals surface area contributed by atoms with Crippen LogP contribution in [0.3, 0.4) is 0 Å². The Kier molecular flexibility index (Phi) is 4.61. The molecule has 1 aromatic rings. The summed E-state index contributed by atoms with van der Waals surface area (Å²) >= 11 is 0. The average Bonchev–Trinajstić information content (AvgIpc) is 2.80. The molecule has 1 aliphatic rings. The van der Waals surface area contributed by atoms with Crippen molar-refractivity contribution >= 4 is 5.91 Å². The topological polar surface area (TPSA) is 60.8 Å². The van der Waals surface area contributed by atoms with Gasteiger partial charge in [0.15, 0.2) is 0 Å². The second kappa shape index (κ2) is 6.25. The van der Waals surface area contributed by atoms with Gasteiger partial charge in [0.05, 0.1) is 17.8 Å². The van der Waals surface area contributed by atoms with Gasteiger partial charge >= 0.3 is 0 Å². The van der Waals surface area contributed by atoms with Crippen molar-refractivity contribution in [1.82, 2.24) is 4.90 Å². The van der Waals surface area contributed by atoms with E-state index in [-0.39, 0.29) is 24.6 Å². The van der Waals surface area contributed by atoms with Gasteiger partial charge in [-0.05, 0) is 31.5 Å². The van der Waals surface area contributed by atoms with Crippen LogP contribution in [0.5, 0.6) is 0 Å². The first kappa shape index (κ1) is 15.5. The Morgan fingerprint density at radius 1 is 1.52 bits per heavy atom. The van der Waals surface area contributed by atoms with Gasteiger partial charge in [0, 0.05) is 25.1 Å². The number of hydrogen-bond donors (Lipinski definition) is 2. The Bertz CT molecular complexity index is 601. The molecule has 2 N–H and O–H groups in total. The lowest BCUT2D eigenvalue weighted by molar-refractivity contribution is 0.0572. The number of aliphatic hydroxyl groups is 2. The van der Waals surface area contributed by atoms with Gasteiger partial charge in [0.25, 0.3) is 5.91 Å². The van der Waals surface area contributed by atoms with Crippen LogP contribution in [0.1, 0.15) is 35.7 Å². The molecule has 1 amide bonds. The lowest BCUT2D eigenvalue weighted by Gasteiger charge is -2.19. The van der Waals surface area contributed by atoms with Gasteiger partial charge < -0.3 is 15.1 Å². The molecule has 0 aromatic heterocycles. The molecule has 1 heterocycles. The van der Waals surface area contributed by atoms with Gasteiger partial charge in [-0.2, -0.15) is 0 Å². The number of rotatable bonds is 2. The number of hydrogen-bond acceptors (Lipinski definition) is 3. The van der Waals surface area contributed by atoms with E-state index < -0.39 is 11.4 Å². The summed E-state index contributed by atoms with van der Waals surface area (Å²) in [6.45, 7) is 2.28. The minimum atomic E-state index is -0.897. The molecule has 0 radical (unpaired) electrons. The highest BCUT2D eigenvalue weighted by atomic mass is 19.1. The van der Waals surface area contributed by atoms with Crippen LogP contribution in [0.25, 0.3) is 0 Å². The Morgan fingerprint density at radius 2 is 2.29 bits per heavy atom. The van der Waals surface area contributed by atoms with Gasteiger partial charge in [-0.15, -0.1) is 0 Å². The number of nitrogens with zero attached hydrogens (tertiary/aromatic N) is 1. The average molecular weight is 291 g/mol. The highest BCUT2D eigenvalue weighted by Gasteiger charge is 2.34. The molecular weight excluding hydrogens is 273 g/mol. The lowest BCUT2D eigenvalue weighted by atomic mass is 10.1. The largest absolute Gasteiger partial charge is 0.395 e. The van der Waals surface area contributed by atoms with Crippen LogP contribution in [0, 0.1) is 17.7 Å². The summed E-state index contributed by atoms with van der Waals surface area (Å²) in [5.74, 6) is 4.67. The third-order valence-electron chi connectivity index (χ3n) is 3.41. The van der Waals surface area contributed by atoms with E-state index in [1.54, 1.807) is 6.92 Å². The van der Waals surface area contributed by atoms with Gasteiger partial charge in [-0.25, -0.2) is 4.39 Å². The smallest absolute Gasteiger partial charge is 0.255 e. The summed E-state index contributed by atoms with van der Waals surface area (Å²) in [5.41, 5.74) is -0.273. The minimum Gasteiger partial charge on any atom is -0.395 e. The summed E-state index contributed by atoms with van der Waals surface area (Å²) in [4.78, 5) is 14.0. The van der Waals surface area contributed by atoms with Crippen molar-refractivity contribution in [2.24, 2.45) is 0 Å². The van der Waals surface area contributed by atoms with Crippen molar-refractivity contribution in [2.45, 2.75) is 25.4 Å². The third-order valence-corrected chi connectivity index (χ3v) is 3.41. The second-order valence-corrected chi connectivity index (χ2v) is 5.44. The van der Waals surface area contributed by atoms with Gasteiger partial charge in [-0.3, -0.25) is 4.79 Å². The van der Waals surface area contributed by atoms with E-state index in [4.69, 9.17) is 5.11 Å². The molecule has 112 valence electrons. The SMILES string of the molecule is CC1(O)CCN(C(=O)c2cc(F)ccc2C#CCCO)C1. The molecule has 4 nitrogen and oxygen atoms in total. The zero-order chi connectivity index (χ0) is 15.5. The molecule has 0 saturated carbocycles. The van der Waals surface area contributed by atoms with Crippen molar-refractivity contribution in [3.63, 3.8) is 0 Å². The summed E-state index contributed by atoms with van der Waals surface area (Å²) in [6, 6.07) is 3.87. The van der Waals surface area contributed by atoms with E-state index in [0.717, 1.165) is 0 Å². The molecule has 0 spiro atoms. The molecule has 21 heavy (non-hydrogen) atoms. The van der Waals surface area contributed by atoms with Crippen LogP contribution in [0.15, 0.2) is 18.2 Å². The van der Waals surface area contributed by atoms with E-state index in [1.807, 2.05) is 0 Å². The predicted octanol–water partition coefficient (Wildman–Crippen LogP) is 1.16. The number of β-amino-alcohol motifs (C(OH)–C–C–N with tert-alkyl or cyclic N) is 1. The molecule has 1 unspecified atom stereocenters. The molecule has 1 atom stereocenters. The fraction of sp³-hybridized carbons (Fsp3) is 0.438. The maximum atomic E-state index is 13.4. The highest BCUT2D eigenvalue weighted by Crippen LogP contribution is 2.23. The molecule has 1 aliphatic heterocycles. The molecule has 2 rings (SSSR count). The van der Waals surface area contributed by atoms with Crippen molar-refractivity contribution < 1.29 is 19.4 Å². The molecule has 1 aromatic carbocycles. The number of amides is 1. The summed E-state index contributed by atoms with van der Waals surface area (Å²) in [6.07, 6.45) is 0.795. The number of benzene rings is 1. The van der Waals surface area contributed by atoms with Crippen molar-refractivity contribution in [1.29, 1.82) is 0 Å². The Morgan fingerprint density at radius 3 is 2.90 bits per heavy atom. The third kappa shape index (κ3) is 3.81. The van der Waals surface area contributed by atoms with Crippen molar-refractivity contribution in [3.8, 4) is 11.8 Å². The van der Waals surface area contributed by atoms with E-state index in [9.17, 15) is 14.3 Å².